The summed E-state index contributed by atoms with van der Waals surface area (Å²) in [6, 6.07) is 11.6. The average molecular weight is 424 g/mol. The van der Waals surface area contributed by atoms with Gasteiger partial charge in [-0.2, -0.15) is 0 Å². The lowest BCUT2D eigenvalue weighted by molar-refractivity contribution is -0.115. The second-order valence-electron chi connectivity index (χ2n) is 8.75. The zero-order valence-corrected chi connectivity index (χ0v) is 18.1. The van der Waals surface area contributed by atoms with E-state index in [0.717, 1.165) is 63.1 Å². The van der Waals surface area contributed by atoms with Crippen molar-refractivity contribution in [2.45, 2.75) is 39.0 Å². The Morgan fingerprint density at radius 1 is 1.00 bits per heavy atom. The Labute approximate surface area is 183 Å². The van der Waals surface area contributed by atoms with Crippen LogP contribution in [0.5, 0.6) is 0 Å². The molecule has 0 aliphatic carbocycles. The fourth-order valence-electron chi connectivity index (χ4n) is 4.39. The second kappa shape index (κ2) is 9.50. The summed E-state index contributed by atoms with van der Waals surface area (Å²) in [7, 11) is 0. The quantitative estimate of drug-likeness (QED) is 0.772. The normalized spacial score (nSPS) is 17.1. The van der Waals surface area contributed by atoms with Gasteiger partial charge in [0.1, 0.15) is 5.82 Å². The molecule has 2 aromatic carbocycles. The molecule has 4 rings (SSSR count). The summed E-state index contributed by atoms with van der Waals surface area (Å²) in [5.74, 6) is 0.238. The lowest BCUT2D eigenvalue weighted by Gasteiger charge is -2.34. The molecule has 0 spiro atoms. The van der Waals surface area contributed by atoms with E-state index in [1.165, 1.54) is 12.1 Å². The van der Waals surface area contributed by atoms with Crippen molar-refractivity contribution in [1.29, 1.82) is 0 Å². The summed E-state index contributed by atoms with van der Waals surface area (Å²) in [4.78, 5) is 30.0. The molecule has 0 unspecified atom stereocenters. The monoisotopic (exact) mass is 423 g/mol. The number of halogens is 1. The number of likely N-dealkylation sites (tertiary alicyclic amines) is 1. The van der Waals surface area contributed by atoms with Crippen LogP contribution in [0.15, 0.2) is 42.5 Å². The number of rotatable bonds is 5. The first-order valence-corrected chi connectivity index (χ1v) is 11.2. The fourth-order valence-corrected chi connectivity index (χ4v) is 4.39. The van der Waals surface area contributed by atoms with Gasteiger partial charge in [-0.1, -0.05) is 19.1 Å². The van der Waals surface area contributed by atoms with Gasteiger partial charge in [-0.05, 0) is 67.5 Å². The molecule has 164 valence electrons. The number of anilines is 2. The van der Waals surface area contributed by atoms with Crippen molar-refractivity contribution >= 4 is 23.2 Å². The van der Waals surface area contributed by atoms with Crippen LogP contribution in [-0.4, -0.2) is 42.9 Å². The van der Waals surface area contributed by atoms with E-state index in [1.807, 2.05) is 23.1 Å². The molecular weight excluding hydrogens is 393 g/mol. The summed E-state index contributed by atoms with van der Waals surface area (Å²) >= 11 is 0. The summed E-state index contributed by atoms with van der Waals surface area (Å²) in [6.07, 6.45) is 4.47. The Balaban J connectivity index is 1.54. The molecule has 2 saturated heterocycles. The van der Waals surface area contributed by atoms with Crippen LogP contribution in [0.2, 0.25) is 0 Å². The molecule has 2 aliphatic heterocycles. The minimum absolute atomic E-state index is 0.0424. The third-order valence-electron chi connectivity index (χ3n) is 6.31. The molecule has 1 N–H and O–H groups in total. The highest BCUT2D eigenvalue weighted by molar-refractivity contribution is 6.02. The molecule has 2 heterocycles. The maximum atomic E-state index is 13.3. The predicted molar refractivity (Wildman–Crippen MR) is 121 cm³/mol. The van der Waals surface area contributed by atoms with Crippen LogP contribution in [0.25, 0.3) is 0 Å². The van der Waals surface area contributed by atoms with Crippen molar-refractivity contribution in [1.82, 2.24) is 4.90 Å². The van der Waals surface area contributed by atoms with Gasteiger partial charge in [0.15, 0.2) is 0 Å². The lowest BCUT2D eigenvalue weighted by Crippen LogP contribution is -2.35. The largest absolute Gasteiger partial charge is 0.371 e. The zero-order chi connectivity index (χ0) is 21.8. The van der Waals surface area contributed by atoms with E-state index in [1.54, 1.807) is 12.1 Å². The van der Waals surface area contributed by atoms with Crippen molar-refractivity contribution in [3.8, 4) is 0 Å². The number of hydrogen-bond donors (Lipinski definition) is 1. The molecule has 0 bridgehead atoms. The molecule has 0 aromatic heterocycles. The van der Waals surface area contributed by atoms with Gasteiger partial charge in [0.2, 0.25) is 5.91 Å². The molecule has 2 fully saturated rings. The Bertz CT molecular complexity index is 930. The van der Waals surface area contributed by atoms with E-state index in [-0.39, 0.29) is 24.1 Å². The highest BCUT2D eigenvalue weighted by Gasteiger charge is 2.26. The van der Waals surface area contributed by atoms with Gasteiger partial charge < -0.3 is 15.1 Å². The molecule has 5 nitrogen and oxygen atoms in total. The van der Waals surface area contributed by atoms with Crippen LogP contribution in [0, 0.1) is 11.7 Å². The number of nitrogens with zero attached hydrogens (tertiary/aromatic N) is 2. The molecule has 2 aromatic rings. The third-order valence-corrected chi connectivity index (χ3v) is 6.31. The number of hydrogen-bond acceptors (Lipinski definition) is 3. The number of carbonyl (C=O) groups excluding carboxylic acids is 2. The first-order valence-electron chi connectivity index (χ1n) is 11.2. The van der Waals surface area contributed by atoms with E-state index in [9.17, 15) is 14.0 Å². The topological polar surface area (TPSA) is 52.7 Å². The van der Waals surface area contributed by atoms with E-state index >= 15 is 0 Å². The van der Waals surface area contributed by atoms with Crippen molar-refractivity contribution < 1.29 is 14.0 Å². The molecule has 31 heavy (non-hydrogen) atoms. The van der Waals surface area contributed by atoms with Crippen molar-refractivity contribution in [2.75, 3.05) is 36.4 Å². The van der Waals surface area contributed by atoms with Gasteiger partial charge >= 0.3 is 0 Å². The van der Waals surface area contributed by atoms with E-state index < -0.39 is 0 Å². The Kier molecular flexibility index (Phi) is 6.54. The second-order valence-corrected chi connectivity index (χ2v) is 8.75. The van der Waals surface area contributed by atoms with E-state index in [0.29, 0.717) is 17.2 Å². The number of nitrogens with one attached hydrogen (secondary N) is 1. The molecular formula is C25H30FN3O2. The van der Waals surface area contributed by atoms with Crippen molar-refractivity contribution in [3.63, 3.8) is 0 Å². The summed E-state index contributed by atoms with van der Waals surface area (Å²) in [5, 5.41) is 2.91. The molecule has 6 heteroatoms. The standard InChI is InChI=1S/C25H30FN3O2/c1-18-10-14-28(15-11-18)23-9-8-21(17-22(23)25(31)29-12-2-3-13-29)27-24(30)16-19-4-6-20(26)7-5-19/h4-9,17-18H,2-3,10-16H2,1H3,(H,27,30). The van der Waals surface area contributed by atoms with E-state index in [4.69, 9.17) is 0 Å². The summed E-state index contributed by atoms with van der Waals surface area (Å²) in [5.41, 5.74) is 2.98. The summed E-state index contributed by atoms with van der Waals surface area (Å²) < 4.78 is 13.1. The van der Waals surface area contributed by atoms with Crippen molar-refractivity contribution in [3.05, 3.63) is 59.4 Å². The van der Waals surface area contributed by atoms with Crippen LogP contribution in [0.1, 0.15) is 48.5 Å². The van der Waals surface area contributed by atoms with Gasteiger partial charge in [-0.25, -0.2) is 4.39 Å². The van der Waals surface area contributed by atoms with Crippen LogP contribution < -0.4 is 10.2 Å². The molecule has 0 radical (unpaired) electrons. The Morgan fingerprint density at radius 3 is 2.35 bits per heavy atom. The lowest BCUT2D eigenvalue weighted by atomic mass is 9.97. The summed E-state index contributed by atoms with van der Waals surface area (Å²) in [6.45, 7) is 5.73. The average Bonchev–Trinajstić information content (AvgIpc) is 3.30. The smallest absolute Gasteiger partial charge is 0.256 e. The molecule has 0 atom stereocenters. The van der Waals surface area contributed by atoms with Crippen LogP contribution in [0.4, 0.5) is 15.8 Å². The highest BCUT2D eigenvalue weighted by Crippen LogP contribution is 2.30. The molecule has 0 saturated carbocycles. The minimum atomic E-state index is -0.322. The van der Waals surface area contributed by atoms with Crippen LogP contribution in [-0.2, 0) is 11.2 Å². The van der Waals surface area contributed by atoms with Gasteiger partial charge in [-0.15, -0.1) is 0 Å². The number of carbonyl (C=O) groups is 2. The molecule has 2 amide bonds. The maximum absolute atomic E-state index is 13.3. The molecule has 2 aliphatic rings. The maximum Gasteiger partial charge on any atom is 0.256 e. The predicted octanol–water partition coefficient (Wildman–Crippen LogP) is 4.48. The zero-order valence-electron chi connectivity index (χ0n) is 18.1. The number of benzene rings is 2. The minimum Gasteiger partial charge on any atom is -0.371 e. The number of amides is 2. The van der Waals surface area contributed by atoms with Crippen LogP contribution in [0.3, 0.4) is 0 Å². The Hall–Kier alpha value is -2.89. The first-order chi connectivity index (χ1) is 15.0. The first kappa shape index (κ1) is 21.3. The van der Waals surface area contributed by atoms with Crippen LogP contribution >= 0.6 is 0 Å². The highest BCUT2D eigenvalue weighted by atomic mass is 19.1. The third kappa shape index (κ3) is 5.24. The Morgan fingerprint density at radius 2 is 1.68 bits per heavy atom. The SMILES string of the molecule is CC1CCN(c2ccc(NC(=O)Cc3ccc(F)cc3)cc2C(=O)N2CCCC2)CC1. The van der Waals surface area contributed by atoms with Gasteiger partial charge in [-0.3, -0.25) is 9.59 Å². The fraction of sp³-hybridized carbons (Fsp3) is 0.440. The van der Waals surface area contributed by atoms with Crippen molar-refractivity contribution in [2.24, 2.45) is 5.92 Å². The number of piperidine rings is 1. The van der Waals surface area contributed by atoms with Gasteiger partial charge in [0.05, 0.1) is 12.0 Å². The van der Waals surface area contributed by atoms with Gasteiger partial charge in [0.25, 0.3) is 5.91 Å². The van der Waals surface area contributed by atoms with E-state index in [2.05, 4.69) is 17.1 Å². The van der Waals surface area contributed by atoms with Gasteiger partial charge in [0, 0.05) is 37.6 Å².